The van der Waals surface area contributed by atoms with Crippen molar-refractivity contribution < 1.29 is 28.7 Å². The predicted molar refractivity (Wildman–Crippen MR) is 138 cm³/mol. The van der Waals surface area contributed by atoms with Gasteiger partial charge in [-0.25, -0.2) is 9.59 Å². The zero-order chi connectivity index (χ0) is 27.5. The molecule has 1 aromatic rings. The number of benzene rings is 1. The highest BCUT2D eigenvalue weighted by Crippen LogP contribution is 2.12. The summed E-state index contributed by atoms with van der Waals surface area (Å²) in [6, 6.07) is 6.53. The minimum Gasteiger partial charge on any atom is -0.467 e. The second-order valence-electron chi connectivity index (χ2n) is 10.8. The highest BCUT2D eigenvalue weighted by Gasteiger charge is 2.31. The molecule has 1 aromatic carbocycles. The van der Waals surface area contributed by atoms with Crippen LogP contribution in [0, 0.1) is 11.8 Å². The van der Waals surface area contributed by atoms with Crippen LogP contribution in [-0.4, -0.2) is 54.7 Å². The first kappa shape index (κ1) is 30.9. The molecule has 0 bridgehead atoms. The summed E-state index contributed by atoms with van der Waals surface area (Å²) in [5, 5.41) is 8.14. The first-order chi connectivity index (χ1) is 16.7. The summed E-state index contributed by atoms with van der Waals surface area (Å²) >= 11 is 0. The van der Waals surface area contributed by atoms with Crippen LogP contribution in [0.1, 0.15) is 66.9 Å². The van der Waals surface area contributed by atoms with Crippen LogP contribution < -0.4 is 16.0 Å². The van der Waals surface area contributed by atoms with E-state index in [0.717, 1.165) is 5.56 Å². The smallest absolute Gasteiger partial charge is 0.408 e. The number of alkyl carbamates (subject to hydrolysis) is 1. The largest absolute Gasteiger partial charge is 0.467 e. The summed E-state index contributed by atoms with van der Waals surface area (Å²) in [5.41, 5.74) is 0.0956. The average Bonchev–Trinajstić information content (AvgIpc) is 2.75. The zero-order valence-corrected chi connectivity index (χ0v) is 22.8. The van der Waals surface area contributed by atoms with Crippen LogP contribution in [0.3, 0.4) is 0 Å². The Morgan fingerprint density at radius 1 is 0.778 bits per heavy atom. The third-order valence-electron chi connectivity index (χ3n) is 5.14. The normalized spacial score (nSPS) is 13.9. The van der Waals surface area contributed by atoms with Gasteiger partial charge in [0.25, 0.3) is 0 Å². The van der Waals surface area contributed by atoms with Gasteiger partial charge in [0.15, 0.2) is 0 Å². The monoisotopic (exact) mass is 505 g/mol. The molecule has 36 heavy (non-hydrogen) atoms. The summed E-state index contributed by atoms with van der Waals surface area (Å²) in [6.45, 7) is 12.9. The SMILES string of the molecule is COC(=O)[C@H](CC(C)C)NC(=O)[C@H](CC(C)C)NC(=O)[C@H](Cc1ccccc1)NC(=O)OC(C)(C)C. The van der Waals surface area contributed by atoms with Gasteiger partial charge < -0.3 is 25.4 Å². The fraction of sp³-hybridized carbons (Fsp3) is 0.630. The summed E-state index contributed by atoms with van der Waals surface area (Å²) in [7, 11) is 1.27. The Kier molecular flexibility index (Phi) is 12.4. The van der Waals surface area contributed by atoms with Gasteiger partial charge in [-0.05, 0) is 51.0 Å². The van der Waals surface area contributed by atoms with E-state index in [4.69, 9.17) is 9.47 Å². The zero-order valence-electron chi connectivity index (χ0n) is 22.8. The van der Waals surface area contributed by atoms with Gasteiger partial charge >= 0.3 is 12.1 Å². The van der Waals surface area contributed by atoms with Crippen molar-refractivity contribution in [2.75, 3.05) is 7.11 Å². The summed E-state index contributed by atoms with van der Waals surface area (Å²) < 4.78 is 10.2. The van der Waals surface area contributed by atoms with Crippen LogP contribution in [0.4, 0.5) is 4.79 Å². The molecule has 0 fully saturated rings. The lowest BCUT2D eigenvalue weighted by molar-refractivity contribution is -0.146. The maximum absolute atomic E-state index is 13.3. The molecule has 0 saturated heterocycles. The Morgan fingerprint density at radius 3 is 1.78 bits per heavy atom. The fourth-order valence-electron chi connectivity index (χ4n) is 3.58. The Labute approximate surface area is 215 Å². The first-order valence-corrected chi connectivity index (χ1v) is 12.4. The van der Waals surface area contributed by atoms with E-state index in [1.807, 2.05) is 58.0 Å². The van der Waals surface area contributed by atoms with Crippen molar-refractivity contribution in [2.45, 2.75) is 91.5 Å². The third kappa shape index (κ3) is 12.0. The molecule has 0 aromatic heterocycles. The van der Waals surface area contributed by atoms with Crippen molar-refractivity contribution in [2.24, 2.45) is 11.8 Å². The molecule has 3 N–H and O–H groups in total. The van der Waals surface area contributed by atoms with E-state index >= 15 is 0 Å². The molecule has 0 aliphatic rings. The quantitative estimate of drug-likeness (QED) is 0.375. The topological polar surface area (TPSA) is 123 Å². The molecule has 0 heterocycles. The number of carbonyl (C=O) groups excluding carboxylic acids is 4. The minimum atomic E-state index is -0.975. The van der Waals surface area contributed by atoms with Gasteiger partial charge in [0.1, 0.15) is 23.7 Å². The van der Waals surface area contributed by atoms with Crippen molar-refractivity contribution in [1.29, 1.82) is 0 Å². The minimum absolute atomic E-state index is 0.0779. The Balaban J connectivity index is 3.10. The number of amides is 3. The van der Waals surface area contributed by atoms with Gasteiger partial charge in [0.05, 0.1) is 7.11 Å². The Morgan fingerprint density at radius 2 is 1.28 bits per heavy atom. The molecule has 202 valence electrons. The molecule has 9 nitrogen and oxygen atoms in total. The molecule has 0 spiro atoms. The predicted octanol–water partition coefficient (Wildman–Crippen LogP) is 3.36. The van der Waals surface area contributed by atoms with Gasteiger partial charge in [0, 0.05) is 6.42 Å². The van der Waals surface area contributed by atoms with Gasteiger partial charge in [-0.1, -0.05) is 58.0 Å². The molecular weight excluding hydrogens is 462 g/mol. The van der Waals surface area contributed by atoms with Gasteiger partial charge in [-0.15, -0.1) is 0 Å². The number of carbonyl (C=O) groups is 4. The molecule has 0 radical (unpaired) electrons. The summed E-state index contributed by atoms with van der Waals surface area (Å²) in [5.74, 6) is -1.33. The van der Waals surface area contributed by atoms with Crippen molar-refractivity contribution in [3.63, 3.8) is 0 Å². The number of esters is 1. The van der Waals surface area contributed by atoms with Gasteiger partial charge in [0.2, 0.25) is 11.8 Å². The first-order valence-electron chi connectivity index (χ1n) is 12.4. The van der Waals surface area contributed by atoms with Crippen LogP contribution in [0.25, 0.3) is 0 Å². The van der Waals surface area contributed by atoms with E-state index in [9.17, 15) is 19.2 Å². The molecule has 9 heteroatoms. The highest BCUT2D eigenvalue weighted by atomic mass is 16.6. The van der Waals surface area contributed by atoms with Crippen molar-refractivity contribution in [1.82, 2.24) is 16.0 Å². The fourth-order valence-corrected chi connectivity index (χ4v) is 3.58. The lowest BCUT2D eigenvalue weighted by Gasteiger charge is -2.27. The van der Waals surface area contributed by atoms with E-state index in [2.05, 4.69) is 16.0 Å². The Hall–Kier alpha value is -3.10. The van der Waals surface area contributed by atoms with E-state index in [1.165, 1.54) is 7.11 Å². The average molecular weight is 506 g/mol. The van der Waals surface area contributed by atoms with E-state index < -0.39 is 47.6 Å². The van der Waals surface area contributed by atoms with Crippen LogP contribution in [0.5, 0.6) is 0 Å². The van der Waals surface area contributed by atoms with Crippen LogP contribution in [0.2, 0.25) is 0 Å². The van der Waals surface area contributed by atoms with E-state index in [-0.39, 0.29) is 18.3 Å². The van der Waals surface area contributed by atoms with Crippen LogP contribution in [0.15, 0.2) is 30.3 Å². The van der Waals surface area contributed by atoms with E-state index in [1.54, 1.807) is 20.8 Å². The summed E-state index contributed by atoms with van der Waals surface area (Å²) in [6.07, 6.45) is 0.223. The molecule has 1 rings (SSSR count). The number of rotatable bonds is 12. The number of nitrogens with one attached hydrogen (secondary N) is 3. The molecule has 0 saturated carbocycles. The number of hydrogen-bond acceptors (Lipinski definition) is 6. The summed E-state index contributed by atoms with van der Waals surface area (Å²) in [4.78, 5) is 51.2. The standard InChI is InChI=1S/C27H43N3O6/c1-17(2)14-20(23(31)29-22(15-18(3)4)25(33)35-8)28-24(32)21(16-19-12-10-9-11-13-19)30-26(34)36-27(5,6)7/h9-13,17-18,20-22H,14-16H2,1-8H3,(H,28,32)(H,29,31)(H,30,34)/t20-,21-,22-/m0/s1. The molecule has 0 unspecified atom stereocenters. The molecule has 0 aliphatic carbocycles. The second kappa shape index (κ2) is 14.5. The van der Waals surface area contributed by atoms with Crippen molar-refractivity contribution in [3.05, 3.63) is 35.9 Å². The van der Waals surface area contributed by atoms with E-state index in [0.29, 0.717) is 12.8 Å². The molecule has 3 atom stereocenters. The molecular formula is C27H43N3O6. The molecule has 3 amide bonds. The Bertz CT molecular complexity index is 864. The number of methoxy groups -OCH3 is 1. The van der Waals surface area contributed by atoms with Crippen molar-refractivity contribution in [3.8, 4) is 0 Å². The van der Waals surface area contributed by atoms with Crippen molar-refractivity contribution >= 4 is 23.9 Å². The lowest BCUT2D eigenvalue weighted by atomic mass is 9.99. The second-order valence-corrected chi connectivity index (χ2v) is 10.8. The van der Waals surface area contributed by atoms with Gasteiger partial charge in [-0.2, -0.15) is 0 Å². The van der Waals surface area contributed by atoms with Crippen LogP contribution in [-0.2, 0) is 30.3 Å². The van der Waals surface area contributed by atoms with Crippen LogP contribution >= 0.6 is 0 Å². The van der Waals surface area contributed by atoms with Gasteiger partial charge in [-0.3, -0.25) is 9.59 Å². The third-order valence-corrected chi connectivity index (χ3v) is 5.14. The molecule has 0 aliphatic heterocycles. The maximum atomic E-state index is 13.3. The number of hydrogen-bond donors (Lipinski definition) is 3. The highest BCUT2D eigenvalue weighted by molar-refractivity contribution is 5.93. The maximum Gasteiger partial charge on any atom is 0.408 e. The lowest BCUT2D eigenvalue weighted by Crippen LogP contribution is -2.57. The number of ether oxygens (including phenoxy) is 2.